The molecule has 0 aromatic heterocycles. The monoisotopic (exact) mass is 172 g/mol. The van der Waals surface area contributed by atoms with E-state index in [1.807, 2.05) is 0 Å². The maximum Gasteiger partial charge on any atom is 0.313 e. The van der Waals surface area contributed by atoms with Crippen molar-refractivity contribution >= 4 is 11.8 Å². The van der Waals surface area contributed by atoms with Crippen LogP contribution >= 0.6 is 0 Å². The Morgan fingerprint density at radius 3 is 2.33 bits per heavy atom. The highest BCUT2D eigenvalue weighted by molar-refractivity contribution is 5.78. The minimum Gasteiger partial charge on any atom is -0.442 e. The number of nitrogens with two attached hydrogens (primary N) is 1. The molecule has 0 aliphatic carbocycles. The van der Waals surface area contributed by atoms with Crippen LogP contribution in [0.3, 0.4) is 0 Å². The Hall–Kier alpha value is -1.06. The Bertz CT molecular complexity index is 188. The lowest BCUT2D eigenvalue weighted by molar-refractivity contribution is -0.152. The fraction of sp³-hybridized carbons (Fsp3) is 0.750. The third kappa shape index (κ3) is 4.71. The van der Waals surface area contributed by atoms with Crippen LogP contribution in [0, 0.1) is 5.41 Å². The predicted octanol–water partition coefficient (Wildman–Crippen LogP) is 0.910. The number of ether oxygens (including phenoxy) is 1. The van der Waals surface area contributed by atoms with Gasteiger partial charge in [-0.05, 0) is 27.7 Å². The first-order valence-corrected chi connectivity index (χ1v) is 3.78. The Morgan fingerprint density at radius 2 is 2.00 bits per heavy atom. The second-order valence-electron chi connectivity index (χ2n) is 3.61. The molecule has 2 N–H and O–H groups in total. The van der Waals surface area contributed by atoms with Gasteiger partial charge in [-0.1, -0.05) is 0 Å². The molecule has 4 heteroatoms. The molecular weight excluding hydrogens is 156 g/mol. The van der Waals surface area contributed by atoms with E-state index in [0.717, 1.165) is 0 Å². The zero-order valence-electron chi connectivity index (χ0n) is 8.05. The molecule has 0 fully saturated rings. The van der Waals surface area contributed by atoms with E-state index in [-0.39, 0.29) is 12.7 Å². The average molecular weight is 172 g/mol. The molecule has 0 aliphatic rings. The Kier molecular flexibility index (Phi) is 3.73. The fourth-order valence-electron chi connectivity index (χ4n) is 0.409. The van der Waals surface area contributed by atoms with Gasteiger partial charge in [0.05, 0.1) is 11.3 Å². The molecule has 0 radical (unpaired) electrons. The molecule has 0 spiro atoms. The number of aliphatic imine (C=N–C) groups is 1. The van der Waals surface area contributed by atoms with Crippen molar-refractivity contribution in [3.63, 3.8) is 0 Å². The van der Waals surface area contributed by atoms with Gasteiger partial charge in [-0.25, -0.2) is 4.99 Å². The zero-order chi connectivity index (χ0) is 9.78. The lowest BCUT2D eigenvalue weighted by Gasteiger charge is -2.15. The van der Waals surface area contributed by atoms with Gasteiger partial charge in [0.1, 0.15) is 0 Å². The third-order valence-corrected chi connectivity index (χ3v) is 1.12. The highest BCUT2D eigenvalue weighted by Crippen LogP contribution is 2.14. The fourth-order valence-corrected chi connectivity index (χ4v) is 0.409. The number of hydrogen-bond donors (Lipinski definition) is 1. The van der Waals surface area contributed by atoms with Crippen molar-refractivity contribution in [2.24, 2.45) is 16.1 Å². The van der Waals surface area contributed by atoms with Crippen molar-refractivity contribution in [1.82, 2.24) is 0 Å². The van der Waals surface area contributed by atoms with E-state index < -0.39 is 5.41 Å². The molecule has 0 heterocycles. The average Bonchev–Trinajstić information content (AvgIpc) is 1.84. The smallest absolute Gasteiger partial charge is 0.313 e. The van der Waals surface area contributed by atoms with Crippen LogP contribution in [-0.2, 0) is 9.53 Å². The van der Waals surface area contributed by atoms with Gasteiger partial charge in [0, 0.05) is 0 Å². The first-order valence-electron chi connectivity index (χ1n) is 3.78. The van der Waals surface area contributed by atoms with Crippen molar-refractivity contribution in [2.45, 2.75) is 27.7 Å². The van der Waals surface area contributed by atoms with Crippen molar-refractivity contribution < 1.29 is 9.53 Å². The molecule has 0 aliphatic heterocycles. The Balaban J connectivity index is 3.82. The second kappa shape index (κ2) is 4.09. The van der Waals surface area contributed by atoms with E-state index in [0.29, 0.717) is 5.84 Å². The summed E-state index contributed by atoms with van der Waals surface area (Å²) in [6, 6.07) is 0. The van der Waals surface area contributed by atoms with E-state index in [9.17, 15) is 4.79 Å². The van der Waals surface area contributed by atoms with Crippen molar-refractivity contribution in [3.05, 3.63) is 0 Å². The van der Waals surface area contributed by atoms with Gasteiger partial charge in [-0.3, -0.25) is 4.79 Å². The summed E-state index contributed by atoms with van der Waals surface area (Å²) in [7, 11) is 0. The van der Waals surface area contributed by atoms with Gasteiger partial charge in [0.25, 0.3) is 0 Å². The first-order chi connectivity index (χ1) is 5.34. The van der Waals surface area contributed by atoms with Gasteiger partial charge in [-0.15, -0.1) is 0 Å². The van der Waals surface area contributed by atoms with Gasteiger partial charge >= 0.3 is 5.97 Å². The number of carbonyl (C=O) groups excluding carboxylic acids is 1. The zero-order valence-corrected chi connectivity index (χ0v) is 8.05. The van der Waals surface area contributed by atoms with Crippen LogP contribution < -0.4 is 5.73 Å². The Morgan fingerprint density at radius 1 is 1.50 bits per heavy atom. The molecule has 4 nitrogen and oxygen atoms in total. The maximum absolute atomic E-state index is 11.1. The van der Waals surface area contributed by atoms with Crippen molar-refractivity contribution in [1.29, 1.82) is 0 Å². The summed E-state index contributed by atoms with van der Waals surface area (Å²) in [4.78, 5) is 14.8. The van der Waals surface area contributed by atoms with E-state index >= 15 is 0 Å². The normalized spacial score (nSPS) is 12.8. The molecule has 0 rings (SSSR count). The van der Waals surface area contributed by atoms with Crippen LogP contribution in [0.25, 0.3) is 0 Å². The molecule has 0 saturated carbocycles. The first kappa shape index (κ1) is 10.9. The lowest BCUT2D eigenvalue weighted by Crippen LogP contribution is -2.23. The predicted molar refractivity (Wildman–Crippen MR) is 47.7 cm³/mol. The van der Waals surface area contributed by atoms with Crippen LogP contribution in [-0.4, -0.2) is 18.5 Å². The van der Waals surface area contributed by atoms with Gasteiger partial charge < -0.3 is 10.5 Å². The van der Waals surface area contributed by atoms with E-state index in [2.05, 4.69) is 4.99 Å². The van der Waals surface area contributed by atoms with Crippen molar-refractivity contribution in [2.75, 3.05) is 6.73 Å². The summed E-state index contributed by atoms with van der Waals surface area (Å²) >= 11 is 0. The van der Waals surface area contributed by atoms with Crippen LogP contribution in [0.4, 0.5) is 0 Å². The number of esters is 1. The molecule has 0 amide bonds. The van der Waals surface area contributed by atoms with Gasteiger partial charge in [0.2, 0.25) is 0 Å². The quantitative estimate of drug-likeness (QED) is 0.382. The minimum atomic E-state index is -0.474. The molecular formula is C8H16N2O2. The largest absolute Gasteiger partial charge is 0.442 e. The number of nitrogens with zero attached hydrogens (tertiary/aromatic N) is 1. The van der Waals surface area contributed by atoms with E-state index in [1.54, 1.807) is 27.7 Å². The molecule has 0 bridgehead atoms. The number of amidine groups is 1. The molecule has 0 aromatic rings. The molecule has 70 valence electrons. The standard InChI is InChI=1S/C8H16N2O2/c1-6(9)10-5-12-7(11)8(2,3)4/h5H2,1-4H3,(H2,9,10). The third-order valence-electron chi connectivity index (χ3n) is 1.12. The van der Waals surface area contributed by atoms with Crippen LogP contribution in [0.2, 0.25) is 0 Å². The SMILES string of the molecule is CC(N)=NCOC(=O)C(C)(C)C. The van der Waals surface area contributed by atoms with Crippen LogP contribution in [0.5, 0.6) is 0 Å². The second-order valence-corrected chi connectivity index (χ2v) is 3.61. The Labute approximate surface area is 72.8 Å². The molecule has 0 aromatic carbocycles. The summed E-state index contributed by atoms with van der Waals surface area (Å²) in [5.74, 6) is 0.143. The van der Waals surface area contributed by atoms with Gasteiger partial charge in [0.15, 0.2) is 6.73 Å². The number of carbonyl (C=O) groups is 1. The number of hydrogen-bond acceptors (Lipinski definition) is 3. The molecule has 0 saturated heterocycles. The highest BCUT2D eigenvalue weighted by Gasteiger charge is 2.22. The molecule has 12 heavy (non-hydrogen) atoms. The lowest BCUT2D eigenvalue weighted by atomic mass is 9.98. The molecule has 0 unspecified atom stereocenters. The van der Waals surface area contributed by atoms with Crippen LogP contribution in [0.1, 0.15) is 27.7 Å². The van der Waals surface area contributed by atoms with E-state index in [1.165, 1.54) is 0 Å². The summed E-state index contributed by atoms with van der Waals surface area (Å²) < 4.78 is 4.81. The van der Waals surface area contributed by atoms with Gasteiger partial charge in [-0.2, -0.15) is 0 Å². The summed E-state index contributed by atoms with van der Waals surface area (Å²) in [6.45, 7) is 7.01. The molecule has 0 atom stereocenters. The van der Waals surface area contributed by atoms with E-state index in [4.69, 9.17) is 10.5 Å². The number of rotatable bonds is 2. The topological polar surface area (TPSA) is 64.7 Å². The van der Waals surface area contributed by atoms with Crippen LogP contribution in [0.15, 0.2) is 4.99 Å². The van der Waals surface area contributed by atoms with Crippen molar-refractivity contribution in [3.8, 4) is 0 Å². The highest BCUT2D eigenvalue weighted by atomic mass is 16.5. The summed E-state index contributed by atoms with van der Waals surface area (Å²) in [6.07, 6.45) is 0. The maximum atomic E-state index is 11.1. The minimum absolute atomic E-state index is 0.0123. The summed E-state index contributed by atoms with van der Waals surface area (Å²) in [5.41, 5.74) is 4.77. The summed E-state index contributed by atoms with van der Waals surface area (Å²) in [5, 5.41) is 0.